The van der Waals surface area contributed by atoms with Crippen LogP contribution in [-0.4, -0.2) is 35.0 Å². The molecule has 2 atom stereocenters. The summed E-state index contributed by atoms with van der Waals surface area (Å²) in [5, 5.41) is 9.59. The fourth-order valence-corrected chi connectivity index (χ4v) is 3.26. The van der Waals surface area contributed by atoms with Gasteiger partial charge in [-0.3, -0.25) is 4.79 Å². The lowest BCUT2D eigenvalue weighted by Gasteiger charge is -2.36. The highest BCUT2D eigenvalue weighted by Gasteiger charge is 2.36. The largest absolute Gasteiger partial charge is 0.497 e. The van der Waals surface area contributed by atoms with Crippen LogP contribution in [0, 0.1) is 0 Å². The molecule has 1 aliphatic rings. The van der Waals surface area contributed by atoms with E-state index in [0.717, 1.165) is 22.4 Å². The number of carbonyl (C=O) groups excluding carboxylic acids is 1. The Kier molecular flexibility index (Phi) is 4.74. The van der Waals surface area contributed by atoms with Gasteiger partial charge in [0.15, 0.2) is 0 Å². The van der Waals surface area contributed by atoms with Crippen molar-refractivity contribution < 1.29 is 19.4 Å². The maximum absolute atomic E-state index is 13.0. The number of carboxylic acid groups (broad SMARTS) is 1. The third-order valence-corrected chi connectivity index (χ3v) is 4.80. The first-order valence-corrected chi connectivity index (χ1v) is 8.25. The summed E-state index contributed by atoms with van der Waals surface area (Å²) in [5.41, 5.74) is 2.85. The molecule has 0 saturated carbocycles. The second kappa shape index (κ2) is 6.97. The highest BCUT2D eigenvalue weighted by molar-refractivity contribution is 5.88. The van der Waals surface area contributed by atoms with Crippen LogP contribution in [0.4, 0.5) is 0 Å². The van der Waals surface area contributed by atoms with Crippen LogP contribution in [0.3, 0.4) is 0 Å². The quantitative estimate of drug-likeness (QED) is 0.930. The number of fused-ring (bicyclic) bond motifs is 1. The minimum atomic E-state index is -0.968. The van der Waals surface area contributed by atoms with E-state index in [1.165, 1.54) is 4.90 Å². The molecular formula is C20H21NO4. The molecule has 0 bridgehead atoms. The maximum Gasteiger partial charge on any atom is 0.326 e. The zero-order chi connectivity index (χ0) is 18.0. The Balaban J connectivity index is 1.87. The van der Waals surface area contributed by atoms with Crippen molar-refractivity contribution in [1.82, 2.24) is 4.90 Å². The molecule has 0 aliphatic carbocycles. The van der Waals surface area contributed by atoms with Crippen LogP contribution < -0.4 is 4.74 Å². The molecular weight excluding hydrogens is 318 g/mol. The van der Waals surface area contributed by atoms with E-state index in [1.54, 1.807) is 19.2 Å². The number of amides is 1. The van der Waals surface area contributed by atoms with E-state index in [2.05, 4.69) is 0 Å². The lowest BCUT2D eigenvalue weighted by Crippen LogP contribution is -2.49. The van der Waals surface area contributed by atoms with Gasteiger partial charge < -0.3 is 14.7 Å². The van der Waals surface area contributed by atoms with Crippen LogP contribution in [0.5, 0.6) is 5.75 Å². The van der Waals surface area contributed by atoms with Crippen LogP contribution in [0.2, 0.25) is 0 Å². The predicted molar refractivity (Wildman–Crippen MR) is 93.5 cm³/mol. The predicted octanol–water partition coefficient (Wildman–Crippen LogP) is 2.84. The van der Waals surface area contributed by atoms with Gasteiger partial charge in [0, 0.05) is 13.0 Å². The van der Waals surface area contributed by atoms with E-state index >= 15 is 0 Å². The molecule has 0 fully saturated rings. The number of hydrogen-bond donors (Lipinski definition) is 1. The van der Waals surface area contributed by atoms with E-state index in [9.17, 15) is 14.7 Å². The van der Waals surface area contributed by atoms with Crippen LogP contribution in [0.15, 0.2) is 48.5 Å². The van der Waals surface area contributed by atoms with Crippen molar-refractivity contribution in [3.63, 3.8) is 0 Å². The number of carboxylic acids is 1. The molecule has 25 heavy (non-hydrogen) atoms. The Morgan fingerprint density at radius 1 is 1.12 bits per heavy atom. The highest BCUT2D eigenvalue weighted by atomic mass is 16.5. The normalized spacial score (nSPS) is 17.5. The third kappa shape index (κ3) is 3.36. The molecule has 0 aromatic heterocycles. The van der Waals surface area contributed by atoms with Crippen molar-refractivity contribution in [2.75, 3.05) is 7.11 Å². The fourth-order valence-electron chi connectivity index (χ4n) is 3.26. The van der Waals surface area contributed by atoms with Gasteiger partial charge >= 0.3 is 5.97 Å². The molecule has 0 spiro atoms. The van der Waals surface area contributed by atoms with Gasteiger partial charge in [-0.25, -0.2) is 4.79 Å². The van der Waals surface area contributed by atoms with Gasteiger partial charge in [0.05, 0.1) is 13.0 Å². The summed E-state index contributed by atoms with van der Waals surface area (Å²) < 4.78 is 5.14. The molecule has 1 amide bonds. The molecule has 2 aromatic rings. The summed E-state index contributed by atoms with van der Waals surface area (Å²) in [6.45, 7) is 2.13. The third-order valence-electron chi connectivity index (χ3n) is 4.80. The molecule has 0 radical (unpaired) electrons. The second-order valence-corrected chi connectivity index (χ2v) is 6.29. The van der Waals surface area contributed by atoms with Crippen molar-refractivity contribution in [3.8, 4) is 5.75 Å². The van der Waals surface area contributed by atoms with E-state index in [-0.39, 0.29) is 5.91 Å². The number of benzene rings is 2. The Bertz CT molecular complexity index is 785. The molecule has 5 nitrogen and oxygen atoms in total. The standard InChI is InChI=1S/C20H21NO4/c1-13(14-7-9-17(25-2)10-8-14)19(22)21-12-16-6-4-3-5-15(16)11-18(21)20(23)24/h3-10,13,18H,11-12H2,1-2H3,(H,23,24)/t13-,18-/m1/s1. The topological polar surface area (TPSA) is 66.8 Å². The first-order chi connectivity index (χ1) is 12.0. The molecule has 3 rings (SSSR count). The first kappa shape index (κ1) is 17.0. The van der Waals surface area contributed by atoms with E-state index in [0.29, 0.717) is 13.0 Å². The molecule has 130 valence electrons. The van der Waals surface area contributed by atoms with E-state index < -0.39 is 17.9 Å². The summed E-state index contributed by atoms with van der Waals surface area (Å²) in [4.78, 5) is 26.2. The molecule has 0 unspecified atom stereocenters. The van der Waals surface area contributed by atoms with Crippen molar-refractivity contribution in [2.24, 2.45) is 0 Å². The number of aliphatic carboxylic acids is 1. The Morgan fingerprint density at radius 2 is 1.76 bits per heavy atom. The first-order valence-electron chi connectivity index (χ1n) is 8.25. The van der Waals surface area contributed by atoms with Gasteiger partial charge in [-0.2, -0.15) is 0 Å². The minimum Gasteiger partial charge on any atom is -0.497 e. The van der Waals surface area contributed by atoms with Crippen LogP contribution in [0.1, 0.15) is 29.5 Å². The van der Waals surface area contributed by atoms with Gasteiger partial charge in [-0.1, -0.05) is 36.4 Å². The summed E-state index contributed by atoms with van der Waals surface area (Å²) in [7, 11) is 1.59. The van der Waals surface area contributed by atoms with Gasteiger partial charge in [0.2, 0.25) is 5.91 Å². The van der Waals surface area contributed by atoms with E-state index in [1.807, 2.05) is 43.3 Å². The lowest BCUT2D eigenvalue weighted by atomic mass is 9.91. The summed E-state index contributed by atoms with van der Waals surface area (Å²) in [6.07, 6.45) is 0.340. The monoisotopic (exact) mass is 339 g/mol. The summed E-state index contributed by atoms with van der Waals surface area (Å²) in [5.74, 6) is -0.839. The maximum atomic E-state index is 13.0. The average molecular weight is 339 g/mol. The second-order valence-electron chi connectivity index (χ2n) is 6.29. The van der Waals surface area contributed by atoms with E-state index in [4.69, 9.17) is 4.74 Å². The van der Waals surface area contributed by atoms with Crippen molar-refractivity contribution in [2.45, 2.75) is 31.8 Å². The van der Waals surface area contributed by atoms with Crippen LogP contribution in [0.25, 0.3) is 0 Å². The molecule has 1 heterocycles. The number of carbonyl (C=O) groups is 2. The average Bonchev–Trinajstić information content (AvgIpc) is 2.65. The van der Waals surface area contributed by atoms with Crippen molar-refractivity contribution >= 4 is 11.9 Å². The van der Waals surface area contributed by atoms with Gasteiger partial charge in [-0.05, 0) is 35.7 Å². The molecule has 2 aromatic carbocycles. The van der Waals surface area contributed by atoms with Gasteiger partial charge in [0.1, 0.15) is 11.8 Å². The zero-order valence-electron chi connectivity index (χ0n) is 14.3. The Morgan fingerprint density at radius 3 is 2.36 bits per heavy atom. The molecule has 1 N–H and O–H groups in total. The van der Waals surface area contributed by atoms with Gasteiger partial charge in [0.25, 0.3) is 0 Å². The van der Waals surface area contributed by atoms with Crippen molar-refractivity contribution in [1.29, 1.82) is 0 Å². The summed E-state index contributed by atoms with van der Waals surface area (Å²) in [6, 6.07) is 14.2. The lowest BCUT2D eigenvalue weighted by molar-refractivity contribution is -0.151. The SMILES string of the molecule is COc1ccc([C@@H](C)C(=O)N2Cc3ccccc3C[C@@H]2C(=O)O)cc1. The Hall–Kier alpha value is -2.82. The number of ether oxygens (including phenoxy) is 1. The number of nitrogens with zero attached hydrogens (tertiary/aromatic N) is 1. The zero-order valence-corrected chi connectivity index (χ0v) is 14.3. The highest BCUT2D eigenvalue weighted by Crippen LogP contribution is 2.28. The van der Waals surface area contributed by atoms with Crippen LogP contribution >= 0.6 is 0 Å². The summed E-state index contributed by atoms with van der Waals surface area (Å²) >= 11 is 0. The number of methoxy groups -OCH3 is 1. The molecule has 1 aliphatic heterocycles. The smallest absolute Gasteiger partial charge is 0.326 e. The minimum absolute atomic E-state index is 0.174. The molecule has 5 heteroatoms. The van der Waals surface area contributed by atoms with Crippen molar-refractivity contribution in [3.05, 3.63) is 65.2 Å². The van der Waals surface area contributed by atoms with Gasteiger partial charge in [-0.15, -0.1) is 0 Å². The molecule has 0 saturated heterocycles. The fraction of sp³-hybridized carbons (Fsp3) is 0.300. The Labute approximate surface area is 146 Å². The number of hydrogen-bond acceptors (Lipinski definition) is 3. The van der Waals surface area contributed by atoms with Crippen LogP contribution in [-0.2, 0) is 22.6 Å². The number of rotatable bonds is 4.